The van der Waals surface area contributed by atoms with Crippen molar-refractivity contribution in [3.63, 3.8) is 0 Å². The highest BCUT2D eigenvalue weighted by Crippen LogP contribution is 2.24. The van der Waals surface area contributed by atoms with E-state index < -0.39 is 6.04 Å². The first-order chi connectivity index (χ1) is 15.1. The van der Waals surface area contributed by atoms with E-state index in [9.17, 15) is 9.59 Å². The number of hydrogen-bond acceptors (Lipinski definition) is 3. The number of ether oxygens (including phenoxy) is 1. The van der Waals surface area contributed by atoms with Gasteiger partial charge >= 0.3 is 0 Å². The van der Waals surface area contributed by atoms with Crippen LogP contribution >= 0.6 is 0 Å². The quantitative estimate of drug-likeness (QED) is 0.583. The summed E-state index contributed by atoms with van der Waals surface area (Å²) in [6.07, 6.45) is 1.51. The molecule has 0 spiro atoms. The van der Waals surface area contributed by atoms with Crippen molar-refractivity contribution in [3.8, 4) is 5.75 Å². The average molecular weight is 439 g/mol. The first-order valence-electron chi connectivity index (χ1n) is 11.5. The molecule has 0 saturated carbocycles. The van der Waals surface area contributed by atoms with E-state index in [2.05, 4.69) is 26.1 Å². The normalized spacial score (nSPS) is 13.2. The number of amides is 2. The molecule has 0 unspecified atom stereocenters. The lowest BCUT2D eigenvalue weighted by atomic mass is 9.87. The Labute approximate surface area is 193 Å². The van der Waals surface area contributed by atoms with Crippen LogP contribution in [0.3, 0.4) is 0 Å². The Morgan fingerprint density at radius 1 is 1.00 bits per heavy atom. The van der Waals surface area contributed by atoms with Crippen LogP contribution in [-0.2, 0) is 21.4 Å². The number of benzene rings is 2. The van der Waals surface area contributed by atoms with Gasteiger partial charge in [-0.15, -0.1) is 0 Å². The van der Waals surface area contributed by atoms with Crippen LogP contribution in [0.5, 0.6) is 5.75 Å². The predicted octanol–water partition coefficient (Wildman–Crippen LogP) is 4.74. The summed E-state index contributed by atoms with van der Waals surface area (Å²) in [5, 5.41) is 2.98. The molecule has 0 heterocycles. The van der Waals surface area contributed by atoms with Crippen LogP contribution in [0.2, 0.25) is 0 Å². The van der Waals surface area contributed by atoms with Crippen molar-refractivity contribution in [2.45, 2.75) is 71.9 Å². The maximum Gasteiger partial charge on any atom is 0.261 e. The van der Waals surface area contributed by atoms with Gasteiger partial charge in [0.25, 0.3) is 5.91 Å². The standard InChI is InChI=1S/C27H38N2O3/c1-7-20(2)28-26(31)21(3)29(18-17-22-11-9-8-10-12-22)25(30)19-32-24-15-13-23(14-16-24)27(4,5)6/h8-16,20-21H,7,17-19H2,1-6H3,(H,28,31)/t20-,21-/m1/s1. The van der Waals surface area contributed by atoms with E-state index in [-0.39, 0.29) is 29.9 Å². The molecule has 2 aromatic rings. The van der Waals surface area contributed by atoms with Crippen molar-refractivity contribution < 1.29 is 14.3 Å². The molecule has 32 heavy (non-hydrogen) atoms. The third kappa shape index (κ3) is 7.70. The fraction of sp³-hybridized carbons (Fsp3) is 0.481. The van der Waals surface area contributed by atoms with Crippen molar-refractivity contribution in [1.82, 2.24) is 10.2 Å². The molecule has 2 aromatic carbocycles. The van der Waals surface area contributed by atoms with Gasteiger partial charge in [-0.2, -0.15) is 0 Å². The molecule has 0 saturated heterocycles. The van der Waals surface area contributed by atoms with Gasteiger partial charge in [-0.1, -0.05) is 70.2 Å². The smallest absolute Gasteiger partial charge is 0.261 e. The second-order valence-electron chi connectivity index (χ2n) is 9.38. The molecule has 174 valence electrons. The van der Waals surface area contributed by atoms with Gasteiger partial charge in [0.15, 0.2) is 6.61 Å². The molecule has 0 bridgehead atoms. The van der Waals surface area contributed by atoms with Crippen molar-refractivity contribution >= 4 is 11.8 Å². The van der Waals surface area contributed by atoms with E-state index in [0.29, 0.717) is 18.7 Å². The summed E-state index contributed by atoms with van der Waals surface area (Å²) in [6.45, 7) is 12.6. The zero-order valence-corrected chi connectivity index (χ0v) is 20.4. The largest absolute Gasteiger partial charge is 0.484 e. The van der Waals surface area contributed by atoms with Gasteiger partial charge in [-0.25, -0.2) is 0 Å². The van der Waals surface area contributed by atoms with E-state index in [1.807, 2.05) is 68.4 Å². The Morgan fingerprint density at radius 3 is 2.19 bits per heavy atom. The van der Waals surface area contributed by atoms with Crippen molar-refractivity contribution in [2.24, 2.45) is 0 Å². The number of hydrogen-bond donors (Lipinski definition) is 1. The average Bonchev–Trinajstić information content (AvgIpc) is 2.77. The van der Waals surface area contributed by atoms with Gasteiger partial charge in [0.05, 0.1) is 0 Å². The summed E-state index contributed by atoms with van der Waals surface area (Å²) in [6, 6.07) is 17.3. The highest BCUT2D eigenvalue weighted by Gasteiger charge is 2.26. The predicted molar refractivity (Wildman–Crippen MR) is 130 cm³/mol. The number of carbonyl (C=O) groups is 2. The molecule has 0 fully saturated rings. The van der Waals surface area contributed by atoms with Crippen molar-refractivity contribution in [1.29, 1.82) is 0 Å². The van der Waals surface area contributed by atoms with E-state index >= 15 is 0 Å². The van der Waals surface area contributed by atoms with E-state index in [4.69, 9.17) is 4.74 Å². The minimum absolute atomic E-state index is 0.0566. The summed E-state index contributed by atoms with van der Waals surface area (Å²) >= 11 is 0. The molecule has 2 amide bonds. The zero-order chi connectivity index (χ0) is 23.7. The molecule has 0 aliphatic rings. The second-order valence-corrected chi connectivity index (χ2v) is 9.38. The van der Waals surface area contributed by atoms with Gasteiger partial charge in [0.2, 0.25) is 5.91 Å². The lowest BCUT2D eigenvalue weighted by Gasteiger charge is -2.29. The number of carbonyl (C=O) groups excluding carboxylic acids is 2. The topological polar surface area (TPSA) is 58.6 Å². The molecule has 0 aromatic heterocycles. The SMILES string of the molecule is CC[C@@H](C)NC(=O)[C@@H](C)N(CCc1ccccc1)C(=O)COc1ccc(C(C)(C)C)cc1. The monoisotopic (exact) mass is 438 g/mol. The van der Waals surface area contributed by atoms with Crippen LogP contribution in [0.25, 0.3) is 0 Å². The van der Waals surface area contributed by atoms with Crippen LogP contribution in [0, 0.1) is 0 Å². The highest BCUT2D eigenvalue weighted by atomic mass is 16.5. The molecule has 0 aliphatic heterocycles. The molecular weight excluding hydrogens is 400 g/mol. The third-order valence-electron chi connectivity index (χ3n) is 5.74. The van der Waals surface area contributed by atoms with Crippen LogP contribution in [0.15, 0.2) is 54.6 Å². The van der Waals surface area contributed by atoms with Crippen molar-refractivity contribution in [2.75, 3.05) is 13.2 Å². The fourth-order valence-electron chi connectivity index (χ4n) is 3.31. The van der Waals surface area contributed by atoms with Crippen LogP contribution < -0.4 is 10.1 Å². The van der Waals surface area contributed by atoms with Gasteiger partial charge in [-0.05, 0) is 55.4 Å². The Bertz CT molecular complexity index is 857. The zero-order valence-electron chi connectivity index (χ0n) is 20.4. The Balaban J connectivity index is 2.07. The van der Waals surface area contributed by atoms with E-state index in [0.717, 1.165) is 12.0 Å². The lowest BCUT2D eigenvalue weighted by Crippen LogP contribution is -2.51. The summed E-state index contributed by atoms with van der Waals surface area (Å²) < 4.78 is 5.78. The molecule has 0 aliphatic carbocycles. The Morgan fingerprint density at radius 2 is 1.62 bits per heavy atom. The van der Waals surface area contributed by atoms with E-state index in [1.54, 1.807) is 11.8 Å². The van der Waals surface area contributed by atoms with Crippen molar-refractivity contribution in [3.05, 3.63) is 65.7 Å². The summed E-state index contributed by atoms with van der Waals surface area (Å²) in [5.41, 5.74) is 2.38. The highest BCUT2D eigenvalue weighted by molar-refractivity contribution is 5.88. The van der Waals surface area contributed by atoms with Gasteiger partial charge in [-0.3, -0.25) is 9.59 Å². The summed E-state index contributed by atoms with van der Waals surface area (Å²) in [4.78, 5) is 27.4. The minimum atomic E-state index is -0.577. The van der Waals surface area contributed by atoms with Crippen LogP contribution in [-0.4, -0.2) is 41.9 Å². The molecular formula is C27H38N2O3. The number of rotatable bonds is 10. The summed E-state index contributed by atoms with van der Waals surface area (Å²) in [5.74, 6) is 0.300. The lowest BCUT2D eigenvalue weighted by molar-refractivity contribution is -0.141. The maximum absolute atomic E-state index is 13.1. The number of nitrogens with zero attached hydrogens (tertiary/aromatic N) is 1. The molecule has 5 nitrogen and oxygen atoms in total. The first-order valence-corrected chi connectivity index (χ1v) is 11.5. The first kappa shape index (κ1) is 25.4. The van der Waals surface area contributed by atoms with Gasteiger partial charge < -0.3 is 15.0 Å². The van der Waals surface area contributed by atoms with Crippen LogP contribution in [0.4, 0.5) is 0 Å². The molecule has 1 N–H and O–H groups in total. The number of nitrogens with one attached hydrogen (secondary N) is 1. The Hall–Kier alpha value is -2.82. The van der Waals surface area contributed by atoms with E-state index in [1.165, 1.54) is 5.56 Å². The molecule has 5 heteroatoms. The molecule has 2 rings (SSSR count). The fourth-order valence-corrected chi connectivity index (χ4v) is 3.31. The van der Waals surface area contributed by atoms with Gasteiger partial charge in [0, 0.05) is 12.6 Å². The maximum atomic E-state index is 13.1. The molecule has 0 radical (unpaired) electrons. The summed E-state index contributed by atoms with van der Waals surface area (Å²) in [7, 11) is 0. The van der Waals surface area contributed by atoms with Crippen LogP contribution in [0.1, 0.15) is 59.1 Å². The Kier molecular flexibility index (Phi) is 9.30. The third-order valence-corrected chi connectivity index (χ3v) is 5.74. The van der Waals surface area contributed by atoms with Gasteiger partial charge in [0.1, 0.15) is 11.8 Å². The minimum Gasteiger partial charge on any atom is -0.484 e. The molecule has 2 atom stereocenters. The second kappa shape index (κ2) is 11.7.